The molecule has 1 atom stereocenters. The van der Waals surface area contributed by atoms with Crippen LogP contribution in [0.25, 0.3) is 11.1 Å². The molecular formula is C31H33FN2O4. The van der Waals surface area contributed by atoms with Gasteiger partial charge in [0.1, 0.15) is 11.9 Å². The summed E-state index contributed by atoms with van der Waals surface area (Å²) in [4.78, 5) is 38.8. The van der Waals surface area contributed by atoms with Crippen LogP contribution in [0.4, 0.5) is 10.1 Å². The van der Waals surface area contributed by atoms with Crippen molar-refractivity contribution in [3.05, 3.63) is 88.7 Å². The highest BCUT2D eigenvalue weighted by Crippen LogP contribution is 2.33. The summed E-state index contributed by atoms with van der Waals surface area (Å²) >= 11 is 0. The number of fused-ring (bicyclic) bond motifs is 1. The zero-order valence-electron chi connectivity index (χ0n) is 22.0. The Balaban J connectivity index is 1.47. The lowest BCUT2D eigenvalue weighted by Gasteiger charge is -2.27. The summed E-state index contributed by atoms with van der Waals surface area (Å²) in [5, 5.41) is 12.4. The van der Waals surface area contributed by atoms with Crippen molar-refractivity contribution in [1.82, 2.24) is 4.90 Å². The van der Waals surface area contributed by atoms with E-state index < -0.39 is 17.8 Å². The molecule has 0 saturated carbocycles. The highest BCUT2D eigenvalue weighted by atomic mass is 19.1. The molecule has 0 bridgehead atoms. The molecule has 0 aromatic heterocycles. The summed E-state index contributed by atoms with van der Waals surface area (Å²) in [5.41, 5.74) is 3.89. The Hall–Kier alpha value is -4.00. The second-order valence-electron chi connectivity index (χ2n) is 10.1. The molecule has 4 rings (SSSR count). The molecule has 3 aromatic carbocycles. The molecule has 0 saturated heterocycles. The number of nitrogens with zero attached hydrogens (tertiary/aromatic N) is 1. The summed E-state index contributed by atoms with van der Waals surface area (Å²) in [5.74, 6) is -2.54. The van der Waals surface area contributed by atoms with Gasteiger partial charge in [-0.05, 0) is 71.8 Å². The largest absolute Gasteiger partial charge is 0.480 e. The van der Waals surface area contributed by atoms with Crippen molar-refractivity contribution >= 4 is 23.5 Å². The van der Waals surface area contributed by atoms with Crippen molar-refractivity contribution in [2.75, 3.05) is 5.32 Å². The number of rotatable bonds is 10. The predicted molar refractivity (Wildman–Crippen MR) is 146 cm³/mol. The quantitative estimate of drug-likeness (QED) is 0.300. The lowest BCUT2D eigenvalue weighted by atomic mass is 9.99. The van der Waals surface area contributed by atoms with Crippen LogP contribution in [0.15, 0.2) is 60.7 Å². The normalized spacial score (nSPS) is 13.5. The van der Waals surface area contributed by atoms with Crippen LogP contribution < -0.4 is 5.32 Å². The number of carboxylic acid groups (broad SMARTS) is 1. The van der Waals surface area contributed by atoms with Gasteiger partial charge in [-0.1, -0.05) is 57.9 Å². The maximum atomic E-state index is 15.1. The Morgan fingerprint density at radius 3 is 2.37 bits per heavy atom. The first-order valence-corrected chi connectivity index (χ1v) is 13.1. The summed E-state index contributed by atoms with van der Waals surface area (Å²) < 4.78 is 15.1. The average molecular weight is 517 g/mol. The SMILES string of the molecule is CCCCCc1ccc(C(=O)Nc2ccc(-c3ccc4c(c3)C(=O)N(C(C(=O)O)C(C)C)C4)c(F)c2)cc1. The second kappa shape index (κ2) is 11.6. The van der Waals surface area contributed by atoms with Crippen LogP contribution in [0.1, 0.15) is 71.9 Å². The third kappa shape index (κ3) is 5.77. The fraction of sp³-hybridized carbons (Fsp3) is 0.323. The number of hydrogen-bond acceptors (Lipinski definition) is 3. The number of nitrogens with one attached hydrogen (secondary N) is 1. The molecule has 2 N–H and O–H groups in total. The number of hydrogen-bond donors (Lipinski definition) is 2. The number of carboxylic acids is 1. The molecule has 0 aliphatic carbocycles. The minimum absolute atomic E-state index is 0.205. The lowest BCUT2D eigenvalue weighted by molar-refractivity contribution is -0.144. The summed E-state index contributed by atoms with van der Waals surface area (Å²) in [6.45, 7) is 5.89. The van der Waals surface area contributed by atoms with Gasteiger partial charge in [-0.25, -0.2) is 9.18 Å². The first-order chi connectivity index (χ1) is 18.2. The molecule has 0 fully saturated rings. The number of aliphatic carboxylic acids is 1. The maximum Gasteiger partial charge on any atom is 0.326 e. The van der Waals surface area contributed by atoms with Crippen LogP contribution in [-0.2, 0) is 17.8 Å². The van der Waals surface area contributed by atoms with Gasteiger partial charge in [0.25, 0.3) is 11.8 Å². The van der Waals surface area contributed by atoms with E-state index in [9.17, 15) is 19.5 Å². The van der Waals surface area contributed by atoms with Gasteiger partial charge in [-0.15, -0.1) is 0 Å². The number of anilines is 1. The smallest absolute Gasteiger partial charge is 0.326 e. The standard InChI is InChI=1S/C31H33FN2O4/c1-4-5-6-7-20-8-10-21(11-9-20)29(35)33-24-14-15-25(27(32)17-24)22-12-13-23-18-34(30(36)26(23)16-22)28(19(2)3)31(37)38/h8-17,19,28H,4-7,18H2,1-3H3,(H,33,35)(H,37,38). The Bertz CT molecular complexity index is 1350. The van der Waals surface area contributed by atoms with E-state index in [1.54, 1.807) is 56.3 Å². The van der Waals surface area contributed by atoms with Gasteiger partial charge in [-0.2, -0.15) is 0 Å². The Morgan fingerprint density at radius 2 is 1.74 bits per heavy atom. The van der Waals surface area contributed by atoms with E-state index in [2.05, 4.69) is 12.2 Å². The third-order valence-corrected chi connectivity index (χ3v) is 6.99. The summed E-state index contributed by atoms with van der Waals surface area (Å²) in [7, 11) is 0. The van der Waals surface area contributed by atoms with Gasteiger partial charge in [0.05, 0.1) is 0 Å². The van der Waals surface area contributed by atoms with Crippen molar-refractivity contribution < 1.29 is 23.9 Å². The van der Waals surface area contributed by atoms with Crippen LogP contribution in [0.5, 0.6) is 0 Å². The number of unbranched alkanes of at least 4 members (excludes halogenated alkanes) is 2. The van der Waals surface area contributed by atoms with E-state index >= 15 is 4.39 Å². The molecule has 6 nitrogen and oxygen atoms in total. The number of aryl methyl sites for hydroxylation is 1. The zero-order valence-corrected chi connectivity index (χ0v) is 22.0. The van der Waals surface area contributed by atoms with Crippen LogP contribution in [0.3, 0.4) is 0 Å². The molecule has 1 aliphatic rings. The topological polar surface area (TPSA) is 86.7 Å². The minimum atomic E-state index is -1.05. The molecule has 0 spiro atoms. The van der Waals surface area contributed by atoms with E-state index in [1.807, 2.05) is 12.1 Å². The van der Waals surface area contributed by atoms with E-state index in [0.29, 0.717) is 27.9 Å². The van der Waals surface area contributed by atoms with Crippen LogP contribution in [-0.4, -0.2) is 33.8 Å². The molecule has 1 unspecified atom stereocenters. The maximum absolute atomic E-state index is 15.1. The molecule has 1 aliphatic heterocycles. The summed E-state index contributed by atoms with van der Waals surface area (Å²) in [6, 6.07) is 16.0. The van der Waals surface area contributed by atoms with Gasteiger partial charge in [-0.3, -0.25) is 9.59 Å². The zero-order chi connectivity index (χ0) is 27.4. The van der Waals surface area contributed by atoms with Gasteiger partial charge >= 0.3 is 5.97 Å². The van der Waals surface area contributed by atoms with Crippen molar-refractivity contribution in [3.8, 4) is 11.1 Å². The van der Waals surface area contributed by atoms with E-state index in [-0.39, 0.29) is 29.8 Å². The first kappa shape index (κ1) is 27.0. The number of amides is 2. The van der Waals surface area contributed by atoms with Gasteiger partial charge in [0.2, 0.25) is 0 Å². The Morgan fingerprint density at radius 1 is 1.00 bits per heavy atom. The molecule has 198 valence electrons. The van der Waals surface area contributed by atoms with Crippen molar-refractivity contribution in [3.63, 3.8) is 0 Å². The average Bonchev–Trinajstić information content (AvgIpc) is 3.19. The monoisotopic (exact) mass is 516 g/mol. The number of carbonyl (C=O) groups is 3. The molecule has 0 radical (unpaired) electrons. The van der Waals surface area contributed by atoms with E-state index in [4.69, 9.17) is 0 Å². The van der Waals surface area contributed by atoms with Crippen molar-refractivity contribution in [2.45, 2.75) is 59.0 Å². The second-order valence-corrected chi connectivity index (χ2v) is 10.1. The van der Waals surface area contributed by atoms with E-state index in [1.165, 1.54) is 23.0 Å². The first-order valence-electron chi connectivity index (χ1n) is 13.1. The Kier molecular flexibility index (Phi) is 8.25. The highest BCUT2D eigenvalue weighted by molar-refractivity contribution is 6.04. The number of carbonyl (C=O) groups excluding carboxylic acids is 2. The third-order valence-electron chi connectivity index (χ3n) is 6.99. The van der Waals surface area contributed by atoms with Crippen LogP contribution in [0, 0.1) is 11.7 Å². The van der Waals surface area contributed by atoms with Gasteiger partial charge in [0, 0.05) is 28.9 Å². The van der Waals surface area contributed by atoms with Crippen molar-refractivity contribution in [1.29, 1.82) is 0 Å². The molecule has 2 amide bonds. The predicted octanol–water partition coefficient (Wildman–Crippen LogP) is 6.54. The molecular weight excluding hydrogens is 483 g/mol. The molecule has 3 aromatic rings. The molecule has 1 heterocycles. The number of halogens is 1. The van der Waals surface area contributed by atoms with Gasteiger partial charge < -0.3 is 15.3 Å². The minimum Gasteiger partial charge on any atom is -0.480 e. The Labute approximate surface area is 222 Å². The fourth-order valence-corrected chi connectivity index (χ4v) is 4.93. The highest BCUT2D eigenvalue weighted by Gasteiger charge is 2.38. The van der Waals surface area contributed by atoms with Crippen LogP contribution >= 0.6 is 0 Å². The van der Waals surface area contributed by atoms with Gasteiger partial charge in [0.15, 0.2) is 0 Å². The fourth-order valence-electron chi connectivity index (χ4n) is 4.93. The van der Waals surface area contributed by atoms with E-state index in [0.717, 1.165) is 19.3 Å². The molecule has 38 heavy (non-hydrogen) atoms. The van der Waals surface area contributed by atoms with Crippen molar-refractivity contribution in [2.24, 2.45) is 5.92 Å². The lowest BCUT2D eigenvalue weighted by Crippen LogP contribution is -2.44. The van der Waals surface area contributed by atoms with Crippen LogP contribution in [0.2, 0.25) is 0 Å². The summed E-state index contributed by atoms with van der Waals surface area (Å²) in [6.07, 6.45) is 4.43. The molecule has 7 heteroatoms. The number of benzene rings is 3.